The lowest BCUT2D eigenvalue weighted by Gasteiger charge is -2.07. The number of nitrogens with two attached hydrogens (primary N) is 1. The number of nitrogens with zero attached hydrogens (tertiary/aromatic N) is 1. The Balaban J connectivity index is 2.83. The molecule has 1 heterocycles. The van der Waals surface area contributed by atoms with Gasteiger partial charge in [0.15, 0.2) is 5.13 Å². The van der Waals surface area contributed by atoms with Gasteiger partial charge in [-0.15, -0.1) is 0 Å². The van der Waals surface area contributed by atoms with Gasteiger partial charge in [-0.3, -0.25) is 0 Å². The average Bonchev–Trinajstić information content (AvgIpc) is 2.45. The maximum atomic E-state index is 12.6. The van der Waals surface area contributed by atoms with Crippen LogP contribution in [0.2, 0.25) is 5.02 Å². The molecular formula is C8H4ClF3N2S. The summed E-state index contributed by atoms with van der Waals surface area (Å²) in [7, 11) is 0. The zero-order chi connectivity index (χ0) is 11.2. The zero-order valence-corrected chi connectivity index (χ0v) is 8.67. The van der Waals surface area contributed by atoms with E-state index in [1.54, 1.807) is 0 Å². The van der Waals surface area contributed by atoms with Gasteiger partial charge in [0.1, 0.15) is 5.52 Å². The molecule has 0 aliphatic rings. The van der Waals surface area contributed by atoms with Crippen LogP contribution in [0.15, 0.2) is 12.1 Å². The lowest BCUT2D eigenvalue weighted by molar-refractivity contribution is -0.136. The molecule has 0 amide bonds. The molecule has 2 N–H and O–H groups in total. The molecule has 0 aliphatic heterocycles. The van der Waals surface area contributed by atoms with Gasteiger partial charge in [0, 0.05) is 0 Å². The van der Waals surface area contributed by atoms with Gasteiger partial charge in [0.05, 0.1) is 15.3 Å². The van der Waals surface area contributed by atoms with E-state index in [1.165, 1.54) is 6.07 Å². The minimum absolute atomic E-state index is 0.0208. The second-order valence-electron chi connectivity index (χ2n) is 2.82. The molecule has 0 fully saturated rings. The van der Waals surface area contributed by atoms with Crippen molar-refractivity contribution in [2.45, 2.75) is 6.18 Å². The van der Waals surface area contributed by atoms with Crippen molar-refractivity contribution >= 4 is 38.3 Å². The van der Waals surface area contributed by atoms with Gasteiger partial charge in [-0.2, -0.15) is 13.2 Å². The predicted octanol–water partition coefficient (Wildman–Crippen LogP) is 3.55. The Morgan fingerprint density at radius 1 is 1.33 bits per heavy atom. The number of thiazole rings is 1. The summed E-state index contributed by atoms with van der Waals surface area (Å²) in [5, 5.41) is 0.245. The van der Waals surface area contributed by atoms with Crippen molar-refractivity contribution in [2.75, 3.05) is 5.73 Å². The van der Waals surface area contributed by atoms with Crippen LogP contribution >= 0.6 is 22.9 Å². The van der Waals surface area contributed by atoms with E-state index in [-0.39, 0.29) is 20.4 Å². The monoisotopic (exact) mass is 252 g/mol. The van der Waals surface area contributed by atoms with Crippen molar-refractivity contribution in [1.82, 2.24) is 4.98 Å². The number of benzene rings is 1. The number of anilines is 1. The van der Waals surface area contributed by atoms with Crippen molar-refractivity contribution < 1.29 is 13.2 Å². The number of aromatic nitrogens is 1. The molecule has 0 saturated heterocycles. The number of nitrogen functional groups attached to an aromatic ring is 1. The molecular weight excluding hydrogens is 249 g/mol. The van der Waals surface area contributed by atoms with Crippen LogP contribution in [-0.4, -0.2) is 4.98 Å². The predicted molar refractivity (Wildman–Crippen MR) is 54.0 cm³/mol. The van der Waals surface area contributed by atoms with Crippen LogP contribution in [-0.2, 0) is 6.18 Å². The Morgan fingerprint density at radius 2 is 2.00 bits per heavy atom. The van der Waals surface area contributed by atoms with Crippen LogP contribution in [0.3, 0.4) is 0 Å². The first-order valence-electron chi connectivity index (χ1n) is 3.81. The second-order valence-corrected chi connectivity index (χ2v) is 4.26. The highest BCUT2D eigenvalue weighted by Crippen LogP contribution is 2.40. The SMILES string of the molecule is Nc1nc2c(Cl)ccc(C(F)(F)F)c2s1. The van der Waals surface area contributed by atoms with Crippen molar-refractivity contribution in [3.8, 4) is 0 Å². The molecule has 1 aromatic carbocycles. The lowest BCUT2D eigenvalue weighted by Crippen LogP contribution is -2.04. The van der Waals surface area contributed by atoms with Gasteiger partial charge in [-0.1, -0.05) is 22.9 Å². The number of fused-ring (bicyclic) bond motifs is 1. The van der Waals surface area contributed by atoms with Crippen molar-refractivity contribution in [3.63, 3.8) is 0 Å². The van der Waals surface area contributed by atoms with Crippen LogP contribution in [0, 0.1) is 0 Å². The number of hydrogen-bond acceptors (Lipinski definition) is 3. The van der Waals surface area contributed by atoms with Crippen LogP contribution in [0.25, 0.3) is 10.2 Å². The summed E-state index contributed by atoms with van der Waals surface area (Å²) in [6, 6.07) is 2.11. The minimum atomic E-state index is -4.41. The topological polar surface area (TPSA) is 38.9 Å². The van der Waals surface area contributed by atoms with Crippen LogP contribution in [0.1, 0.15) is 5.56 Å². The van der Waals surface area contributed by atoms with Crippen LogP contribution in [0.4, 0.5) is 18.3 Å². The summed E-state index contributed by atoms with van der Waals surface area (Å²) in [5.74, 6) is 0. The molecule has 80 valence electrons. The largest absolute Gasteiger partial charge is 0.417 e. The second kappa shape index (κ2) is 3.24. The lowest BCUT2D eigenvalue weighted by atomic mass is 10.2. The number of rotatable bonds is 0. The van der Waals surface area contributed by atoms with Gasteiger partial charge in [0.25, 0.3) is 0 Å². The van der Waals surface area contributed by atoms with Gasteiger partial charge >= 0.3 is 6.18 Å². The maximum Gasteiger partial charge on any atom is 0.417 e. The van der Waals surface area contributed by atoms with Gasteiger partial charge in [-0.25, -0.2) is 4.98 Å². The minimum Gasteiger partial charge on any atom is -0.375 e. The molecule has 2 rings (SSSR count). The Morgan fingerprint density at radius 3 is 2.60 bits per heavy atom. The first kappa shape index (κ1) is 10.5. The Labute approximate surface area is 91.5 Å². The van der Waals surface area contributed by atoms with Gasteiger partial charge in [0.2, 0.25) is 0 Å². The average molecular weight is 253 g/mol. The van der Waals surface area contributed by atoms with Gasteiger partial charge < -0.3 is 5.73 Å². The summed E-state index contributed by atoms with van der Waals surface area (Å²) in [6.45, 7) is 0. The van der Waals surface area contributed by atoms with Crippen molar-refractivity contribution in [3.05, 3.63) is 22.7 Å². The van der Waals surface area contributed by atoms with Gasteiger partial charge in [-0.05, 0) is 12.1 Å². The fraction of sp³-hybridized carbons (Fsp3) is 0.125. The summed E-state index contributed by atoms with van der Waals surface area (Å²) >= 11 is 6.50. The standard InChI is InChI=1S/C8H4ClF3N2S/c9-4-2-1-3(8(10,11)12)6-5(4)14-7(13)15-6/h1-2H,(H2,13,14). The van der Waals surface area contributed by atoms with E-state index in [9.17, 15) is 13.2 Å². The Kier molecular flexibility index (Phi) is 2.27. The molecule has 2 aromatic rings. The smallest absolute Gasteiger partial charge is 0.375 e. The molecule has 15 heavy (non-hydrogen) atoms. The number of hydrogen-bond donors (Lipinski definition) is 1. The van der Waals surface area contributed by atoms with E-state index >= 15 is 0 Å². The fourth-order valence-electron chi connectivity index (χ4n) is 1.22. The molecule has 0 atom stereocenters. The van der Waals surface area contributed by atoms with Crippen LogP contribution in [0.5, 0.6) is 0 Å². The first-order valence-corrected chi connectivity index (χ1v) is 5.01. The molecule has 0 aliphatic carbocycles. The molecule has 0 bridgehead atoms. The molecule has 0 spiro atoms. The highest BCUT2D eigenvalue weighted by atomic mass is 35.5. The van der Waals surface area contributed by atoms with Crippen molar-refractivity contribution in [1.29, 1.82) is 0 Å². The first-order chi connectivity index (χ1) is 6.89. The van der Waals surface area contributed by atoms with Crippen molar-refractivity contribution in [2.24, 2.45) is 0 Å². The van der Waals surface area contributed by atoms with E-state index in [1.807, 2.05) is 0 Å². The summed E-state index contributed by atoms with van der Waals surface area (Å²) < 4.78 is 37.6. The van der Waals surface area contributed by atoms with E-state index in [4.69, 9.17) is 17.3 Å². The maximum absolute atomic E-state index is 12.6. The molecule has 2 nitrogen and oxygen atoms in total. The molecule has 0 unspecified atom stereocenters. The summed E-state index contributed by atoms with van der Waals surface area (Å²) in [6.07, 6.45) is -4.41. The van der Waals surface area contributed by atoms with E-state index in [2.05, 4.69) is 4.98 Å². The van der Waals surface area contributed by atoms with Crippen LogP contribution < -0.4 is 5.73 Å². The summed E-state index contributed by atoms with van der Waals surface area (Å²) in [4.78, 5) is 3.75. The third-order valence-corrected chi connectivity index (χ3v) is 3.04. The Hall–Kier alpha value is -1.01. The molecule has 0 saturated carbocycles. The number of alkyl halides is 3. The normalized spacial score (nSPS) is 12.3. The van der Waals surface area contributed by atoms with E-state index in [0.29, 0.717) is 0 Å². The third-order valence-electron chi connectivity index (χ3n) is 1.82. The molecule has 1 aromatic heterocycles. The number of halogens is 4. The zero-order valence-electron chi connectivity index (χ0n) is 7.10. The molecule has 0 radical (unpaired) electrons. The summed E-state index contributed by atoms with van der Waals surface area (Å²) in [5.41, 5.74) is 4.70. The fourth-order valence-corrected chi connectivity index (χ4v) is 2.36. The highest BCUT2D eigenvalue weighted by molar-refractivity contribution is 7.22. The highest BCUT2D eigenvalue weighted by Gasteiger charge is 2.34. The molecule has 7 heteroatoms. The quantitative estimate of drug-likeness (QED) is 0.779. The third kappa shape index (κ3) is 1.74. The van der Waals surface area contributed by atoms with E-state index < -0.39 is 11.7 Å². The van der Waals surface area contributed by atoms with E-state index in [0.717, 1.165) is 17.4 Å². The Bertz CT molecular complexity index is 520.